The number of rotatable bonds is 2. The van der Waals surface area contributed by atoms with Crippen molar-refractivity contribution >= 4 is 5.78 Å². The summed E-state index contributed by atoms with van der Waals surface area (Å²) >= 11 is 0. The third-order valence-electron chi connectivity index (χ3n) is 3.94. The fourth-order valence-electron chi connectivity index (χ4n) is 3.47. The van der Waals surface area contributed by atoms with Gasteiger partial charge in [-0.05, 0) is 39.7 Å². The second-order valence-electron chi connectivity index (χ2n) is 5.36. The molecule has 3 atom stereocenters. The van der Waals surface area contributed by atoms with Crippen molar-refractivity contribution in [2.45, 2.75) is 64.2 Å². The van der Waals surface area contributed by atoms with Crippen molar-refractivity contribution in [1.82, 2.24) is 4.90 Å². The van der Waals surface area contributed by atoms with E-state index in [2.05, 4.69) is 25.7 Å². The van der Waals surface area contributed by atoms with Gasteiger partial charge in [0.2, 0.25) is 0 Å². The number of hydrogen-bond donors (Lipinski definition) is 0. The fraction of sp³-hybridized carbons (Fsp3) is 0.923. The molecule has 0 aromatic rings. The van der Waals surface area contributed by atoms with Crippen LogP contribution in [0, 0.1) is 0 Å². The van der Waals surface area contributed by atoms with Gasteiger partial charge < -0.3 is 4.74 Å². The summed E-state index contributed by atoms with van der Waals surface area (Å²) in [5.74, 6) is 0.447. The minimum absolute atomic E-state index is 0.187. The van der Waals surface area contributed by atoms with Crippen LogP contribution in [0.2, 0.25) is 0 Å². The highest BCUT2D eigenvalue weighted by Crippen LogP contribution is 2.39. The molecule has 2 heterocycles. The molecule has 3 heteroatoms. The maximum Gasteiger partial charge on any atom is 0.154 e. The van der Waals surface area contributed by atoms with Crippen molar-refractivity contribution in [3.8, 4) is 0 Å². The van der Waals surface area contributed by atoms with Crippen LogP contribution in [0.15, 0.2) is 0 Å². The van der Waals surface area contributed by atoms with Crippen LogP contribution >= 0.6 is 0 Å². The number of hydrogen-bond acceptors (Lipinski definition) is 3. The minimum Gasteiger partial charge on any atom is -0.375 e. The van der Waals surface area contributed by atoms with E-state index >= 15 is 0 Å². The van der Waals surface area contributed by atoms with Crippen LogP contribution in [-0.4, -0.2) is 41.5 Å². The van der Waals surface area contributed by atoms with Gasteiger partial charge in [-0.1, -0.05) is 6.92 Å². The maximum absolute atomic E-state index is 12.2. The standard InChI is InChI=1S/C13H23NO2/c1-4-6-14-7-5-12(15)13(14)8-10(2)16-11(3)9-13/h10-11H,4-9H2,1-3H3/t10-,11+,13?. The van der Waals surface area contributed by atoms with E-state index in [0.29, 0.717) is 5.78 Å². The second-order valence-corrected chi connectivity index (χ2v) is 5.36. The molecule has 0 aromatic heterocycles. The first-order chi connectivity index (χ1) is 7.58. The molecule has 2 fully saturated rings. The molecular weight excluding hydrogens is 202 g/mol. The highest BCUT2D eigenvalue weighted by Gasteiger charge is 2.51. The number of carbonyl (C=O) groups excluding carboxylic acids is 1. The first-order valence-electron chi connectivity index (χ1n) is 6.52. The molecule has 3 nitrogen and oxygen atoms in total. The van der Waals surface area contributed by atoms with E-state index in [9.17, 15) is 4.79 Å². The smallest absolute Gasteiger partial charge is 0.154 e. The van der Waals surface area contributed by atoms with Crippen molar-refractivity contribution < 1.29 is 9.53 Å². The molecule has 0 saturated carbocycles. The van der Waals surface area contributed by atoms with Gasteiger partial charge in [0.15, 0.2) is 5.78 Å². The summed E-state index contributed by atoms with van der Waals surface area (Å²) in [6.07, 6.45) is 4.06. The topological polar surface area (TPSA) is 29.5 Å². The summed E-state index contributed by atoms with van der Waals surface area (Å²) in [7, 11) is 0. The van der Waals surface area contributed by atoms with Crippen molar-refractivity contribution in [2.24, 2.45) is 0 Å². The molecule has 1 spiro atoms. The van der Waals surface area contributed by atoms with E-state index in [1.165, 1.54) is 0 Å². The van der Waals surface area contributed by atoms with E-state index in [0.717, 1.165) is 38.8 Å². The molecule has 2 aliphatic rings. The van der Waals surface area contributed by atoms with Crippen LogP contribution in [0.25, 0.3) is 0 Å². The summed E-state index contributed by atoms with van der Waals surface area (Å²) < 4.78 is 5.77. The predicted molar refractivity (Wildman–Crippen MR) is 63.5 cm³/mol. The van der Waals surface area contributed by atoms with E-state index in [1.807, 2.05) is 0 Å². The van der Waals surface area contributed by atoms with Gasteiger partial charge in [-0.2, -0.15) is 0 Å². The number of ether oxygens (including phenoxy) is 1. The van der Waals surface area contributed by atoms with Crippen LogP contribution in [0.4, 0.5) is 0 Å². The normalized spacial score (nSPS) is 40.8. The maximum atomic E-state index is 12.2. The zero-order valence-corrected chi connectivity index (χ0v) is 10.7. The first kappa shape index (κ1) is 12.1. The molecular formula is C13H23NO2. The van der Waals surface area contributed by atoms with Gasteiger partial charge in [-0.3, -0.25) is 9.69 Å². The molecule has 2 rings (SSSR count). The van der Waals surface area contributed by atoms with Gasteiger partial charge in [0.1, 0.15) is 0 Å². The Labute approximate surface area is 98.1 Å². The average molecular weight is 225 g/mol. The van der Waals surface area contributed by atoms with Gasteiger partial charge >= 0.3 is 0 Å². The van der Waals surface area contributed by atoms with Crippen LogP contribution in [0.5, 0.6) is 0 Å². The third-order valence-corrected chi connectivity index (χ3v) is 3.94. The van der Waals surface area contributed by atoms with Crippen LogP contribution in [0.3, 0.4) is 0 Å². The molecule has 1 unspecified atom stereocenters. The van der Waals surface area contributed by atoms with Gasteiger partial charge in [0, 0.05) is 13.0 Å². The van der Waals surface area contributed by atoms with Crippen LogP contribution < -0.4 is 0 Å². The molecule has 0 radical (unpaired) electrons. The first-order valence-corrected chi connectivity index (χ1v) is 6.52. The average Bonchev–Trinajstić information content (AvgIpc) is 2.46. The molecule has 0 bridgehead atoms. The largest absolute Gasteiger partial charge is 0.375 e. The zero-order valence-electron chi connectivity index (χ0n) is 10.7. The number of likely N-dealkylation sites (tertiary alicyclic amines) is 1. The van der Waals surface area contributed by atoms with E-state index in [4.69, 9.17) is 4.74 Å². The Morgan fingerprint density at radius 1 is 1.38 bits per heavy atom. The molecule has 0 amide bonds. The van der Waals surface area contributed by atoms with Crippen LogP contribution in [0.1, 0.15) is 46.5 Å². The van der Waals surface area contributed by atoms with Gasteiger partial charge in [0.05, 0.1) is 17.7 Å². The number of ketones is 1. The Morgan fingerprint density at radius 3 is 2.56 bits per heavy atom. The van der Waals surface area contributed by atoms with Gasteiger partial charge in [0.25, 0.3) is 0 Å². The molecule has 0 N–H and O–H groups in total. The highest BCUT2D eigenvalue weighted by atomic mass is 16.5. The van der Waals surface area contributed by atoms with Crippen LogP contribution in [-0.2, 0) is 9.53 Å². The predicted octanol–water partition coefficient (Wildman–Crippen LogP) is 2.00. The fourth-order valence-corrected chi connectivity index (χ4v) is 3.47. The minimum atomic E-state index is -0.187. The van der Waals surface area contributed by atoms with Gasteiger partial charge in [-0.25, -0.2) is 0 Å². The third kappa shape index (κ3) is 1.91. The molecule has 0 aliphatic carbocycles. The van der Waals surface area contributed by atoms with E-state index in [1.54, 1.807) is 0 Å². The van der Waals surface area contributed by atoms with Crippen molar-refractivity contribution in [3.63, 3.8) is 0 Å². The lowest BCUT2D eigenvalue weighted by molar-refractivity contribution is -0.140. The van der Waals surface area contributed by atoms with Crippen molar-refractivity contribution in [2.75, 3.05) is 13.1 Å². The lowest BCUT2D eigenvalue weighted by Crippen LogP contribution is -2.55. The Bertz CT molecular complexity index is 267. The summed E-state index contributed by atoms with van der Waals surface area (Å²) in [5.41, 5.74) is -0.187. The Morgan fingerprint density at radius 2 is 2.00 bits per heavy atom. The number of nitrogens with zero attached hydrogens (tertiary/aromatic N) is 1. The lowest BCUT2D eigenvalue weighted by Gasteiger charge is -2.44. The summed E-state index contributed by atoms with van der Waals surface area (Å²) in [5, 5.41) is 0. The SMILES string of the molecule is CCCN1CCC(=O)C12C[C@@H](C)O[C@@H](C)C2. The summed E-state index contributed by atoms with van der Waals surface area (Å²) in [6, 6.07) is 0. The Balaban J connectivity index is 2.21. The lowest BCUT2D eigenvalue weighted by atomic mass is 9.81. The number of Topliss-reactive ketones (excluding diaryl/α,β-unsaturated/α-hetero) is 1. The van der Waals surface area contributed by atoms with E-state index < -0.39 is 0 Å². The van der Waals surface area contributed by atoms with Gasteiger partial charge in [-0.15, -0.1) is 0 Å². The Kier molecular flexibility index (Phi) is 3.36. The summed E-state index contributed by atoms with van der Waals surface area (Å²) in [4.78, 5) is 14.6. The van der Waals surface area contributed by atoms with E-state index in [-0.39, 0.29) is 17.7 Å². The molecule has 0 aromatic carbocycles. The quantitative estimate of drug-likeness (QED) is 0.720. The molecule has 16 heavy (non-hydrogen) atoms. The number of carbonyl (C=O) groups is 1. The highest BCUT2D eigenvalue weighted by molar-refractivity contribution is 5.90. The zero-order chi connectivity index (χ0) is 11.8. The molecule has 2 aliphatic heterocycles. The monoisotopic (exact) mass is 225 g/mol. The molecule has 92 valence electrons. The Hall–Kier alpha value is -0.410. The van der Waals surface area contributed by atoms with Crippen molar-refractivity contribution in [1.29, 1.82) is 0 Å². The summed E-state index contributed by atoms with van der Waals surface area (Å²) in [6.45, 7) is 8.36. The van der Waals surface area contributed by atoms with Crippen molar-refractivity contribution in [3.05, 3.63) is 0 Å². The second kappa shape index (κ2) is 4.46. The molecule has 2 saturated heterocycles.